The maximum absolute atomic E-state index is 14.7. The van der Waals surface area contributed by atoms with Crippen LogP contribution in [0.4, 0.5) is 0 Å². The molecule has 30 nitrogen and oxygen atoms in total. The van der Waals surface area contributed by atoms with Crippen molar-refractivity contribution in [3.63, 3.8) is 0 Å². The molecular formula is C110H156N12O18. The molecule has 16 rings (SSSR count). The summed E-state index contributed by atoms with van der Waals surface area (Å²) in [5, 5.41) is 33.0. The number of aliphatic hydroxyl groups is 2. The van der Waals surface area contributed by atoms with E-state index in [0.29, 0.717) is 99.1 Å². The van der Waals surface area contributed by atoms with Crippen molar-refractivity contribution < 1.29 is 86.9 Å². The normalized spacial score (nSPS) is 23.9. The predicted octanol–water partition coefficient (Wildman–Crippen LogP) is 14.6. The van der Waals surface area contributed by atoms with Crippen LogP contribution < -0.4 is 21.3 Å². The molecule has 764 valence electrons. The van der Waals surface area contributed by atoms with E-state index >= 15 is 0 Å². The second-order valence-electron chi connectivity index (χ2n) is 43.2. The first kappa shape index (κ1) is 110. The summed E-state index contributed by atoms with van der Waals surface area (Å²) in [7, 11) is 0. The van der Waals surface area contributed by atoms with E-state index in [0.717, 1.165) is 152 Å². The number of Topliss-reactive ketones (excluding diaryl/α,β-unsaturated/α-hetero) is 6. The fraction of sp³-hybridized carbons (Fsp3) is 0.673. The summed E-state index contributed by atoms with van der Waals surface area (Å²) in [6.07, 6.45) is 27.8. The van der Waals surface area contributed by atoms with E-state index in [1.54, 1.807) is 58.0 Å². The summed E-state index contributed by atoms with van der Waals surface area (Å²) in [5.74, 6) is -4.58. The van der Waals surface area contributed by atoms with E-state index in [2.05, 4.69) is 41.2 Å². The number of piperidine rings is 2. The lowest BCUT2D eigenvalue weighted by Gasteiger charge is -2.38. The summed E-state index contributed by atoms with van der Waals surface area (Å²) in [4.78, 5) is 233. The van der Waals surface area contributed by atoms with Crippen molar-refractivity contribution in [3.8, 4) is 0 Å². The second kappa shape index (κ2) is 50.5. The van der Waals surface area contributed by atoms with Gasteiger partial charge in [0.2, 0.25) is 47.3 Å². The number of benzene rings is 2. The van der Waals surface area contributed by atoms with E-state index < -0.39 is 83.0 Å². The quantitative estimate of drug-likeness (QED) is 0.0187. The molecule has 10 fully saturated rings. The van der Waals surface area contributed by atoms with E-state index in [-0.39, 0.29) is 179 Å². The number of rotatable bonds is 34. The molecular weight excluding hydrogens is 1780 g/mol. The van der Waals surface area contributed by atoms with Crippen LogP contribution in [-0.2, 0) is 70.6 Å². The fourth-order valence-electron chi connectivity index (χ4n) is 23.0. The number of hydrogen-bond acceptors (Lipinski definition) is 22. The Kier molecular flexibility index (Phi) is 39.7. The molecule has 8 heterocycles. The molecule has 4 aromatic rings. The van der Waals surface area contributed by atoms with Gasteiger partial charge in [-0.25, -0.2) is 9.97 Å². The van der Waals surface area contributed by atoms with Crippen molar-refractivity contribution >= 4 is 93.8 Å². The lowest BCUT2D eigenvalue weighted by atomic mass is 9.76. The molecule has 6 aliphatic carbocycles. The van der Waals surface area contributed by atoms with Gasteiger partial charge in [0.25, 0.3) is 11.8 Å². The van der Waals surface area contributed by atoms with Gasteiger partial charge in [-0.2, -0.15) is 0 Å². The molecule has 16 atom stereocenters. The van der Waals surface area contributed by atoms with Gasteiger partial charge in [0.1, 0.15) is 47.8 Å². The van der Waals surface area contributed by atoms with E-state index in [4.69, 9.17) is 0 Å². The van der Waals surface area contributed by atoms with E-state index in [1.165, 1.54) is 12.4 Å². The molecule has 4 unspecified atom stereocenters. The van der Waals surface area contributed by atoms with E-state index in [9.17, 15) is 86.9 Å². The lowest BCUT2D eigenvalue weighted by molar-refractivity contribution is -0.145. The summed E-state index contributed by atoms with van der Waals surface area (Å²) in [6, 6.07) is 10.5. The molecule has 0 spiro atoms. The highest BCUT2D eigenvalue weighted by atomic mass is 16.3. The van der Waals surface area contributed by atoms with Crippen LogP contribution in [0.1, 0.15) is 366 Å². The first-order chi connectivity index (χ1) is 66.9. The molecule has 2 aromatic carbocycles. The number of aliphatic hydroxyl groups excluding tert-OH is 2. The highest BCUT2D eigenvalue weighted by Crippen LogP contribution is 2.48. The Morgan fingerprint density at radius 3 is 1.11 bits per heavy atom. The van der Waals surface area contributed by atoms with Gasteiger partial charge in [0.05, 0.1) is 35.9 Å². The minimum Gasteiger partial charge on any atom is -0.385 e. The zero-order valence-electron chi connectivity index (χ0n) is 85.3. The van der Waals surface area contributed by atoms with Crippen LogP contribution in [0.2, 0.25) is 0 Å². The number of likely N-dealkylation sites (tertiary alicyclic amines) is 2. The highest BCUT2D eigenvalue weighted by Gasteiger charge is 2.56. The van der Waals surface area contributed by atoms with Crippen LogP contribution in [0.3, 0.4) is 0 Å². The average molecular weight is 1930 g/mol. The highest BCUT2D eigenvalue weighted by molar-refractivity contribution is 6.07. The zero-order chi connectivity index (χ0) is 102. The molecule has 6 N–H and O–H groups in total. The average Bonchev–Trinajstić information content (AvgIpc) is 1.62. The summed E-state index contributed by atoms with van der Waals surface area (Å²) < 4.78 is 0. The van der Waals surface area contributed by atoms with E-state index in [1.807, 2.05) is 119 Å². The van der Waals surface area contributed by atoms with Crippen LogP contribution >= 0.6 is 0 Å². The SMILES string of the molecule is CC.CC.CCC[C@H](CC(=O)[C@@H]1[C@H]2CCC[C@H]2CN1C(=O)[C@@H](NC(=O)[C@@H](CC(=O)c1cnc(C)cn1)C1CCCCC1)C(C)(C)C)C(O)C(=O)CC1CC1.CCC[C@H](CC(=O)[C@@H]1[C@H]2CCC[C@H]2CN1C(=O)[C@@H](NC(=O)[C@@H](CC(=O)c1cnc(C)cn1)C1CCCCC1)C(C)(C)C)C(O)C(=O)CC1CC1.O=C1CCC(N2Cc3ccccc3C2=O)C(=O)N1.O=C1CCC(N2Cc3ccccc3C2=O)C(=O)N1. The van der Waals surface area contributed by atoms with Crippen LogP contribution in [0, 0.1) is 95.7 Å². The minimum absolute atomic E-state index is 0.00508. The maximum atomic E-state index is 14.7. The lowest BCUT2D eigenvalue weighted by Crippen LogP contribution is -2.58. The number of ketones is 6. The minimum atomic E-state index is -1.17. The third kappa shape index (κ3) is 28.2. The molecule has 0 bridgehead atoms. The van der Waals surface area contributed by atoms with Crippen molar-refractivity contribution in [3.05, 3.63) is 118 Å². The Labute approximate surface area is 827 Å². The Balaban J connectivity index is 0.000000193. The summed E-state index contributed by atoms with van der Waals surface area (Å²) in [5.41, 5.74) is 3.73. The van der Waals surface area contributed by atoms with Crippen molar-refractivity contribution in [1.29, 1.82) is 0 Å². The first-order valence-electron chi connectivity index (χ1n) is 52.7. The third-order valence-corrected chi connectivity index (χ3v) is 30.9. The van der Waals surface area contributed by atoms with Gasteiger partial charge in [-0.1, -0.05) is 184 Å². The number of amides is 10. The Morgan fingerprint density at radius 1 is 0.443 bits per heavy atom. The molecule has 30 heteroatoms. The maximum Gasteiger partial charge on any atom is 0.255 e. The van der Waals surface area contributed by atoms with Gasteiger partial charge in [0, 0.05) is 113 Å². The van der Waals surface area contributed by atoms with Gasteiger partial charge in [-0.05, 0) is 210 Å². The molecule has 6 aliphatic heterocycles. The topological polar surface area (TPSA) is 426 Å². The summed E-state index contributed by atoms with van der Waals surface area (Å²) in [6.45, 7) is 28.9. The van der Waals surface area contributed by atoms with Gasteiger partial charge in [-0.3, -0.25) is 97.3 Å². The molecule has 12 aliphatic rings. The van der Waals surface area contributed by atoms with Crippen molar-refractivity contribution in [2.75, 3.05) is 13.1 Å². The third-order valence-electron chi connectivity index (χ3n) is 30.9. The van der Waals surface area contributed by atoms with Crippen molar-refractivity contribution in [2.24, 2.45) is 81.8 Å². The molecule has 2 aromatic heterocycles. The second-order valence-corrected chi connectivity index (χ2v) is 43.2. The van der Waals surface area contributed by atoms with Gasteiger partial charge in [-0.15, -0.1) is 0 Å². The molecule has 4 saturated heterocycles. The fourth-order valence-corrected chi connectivity index (χ4v) is 23.0. The van der Waals surface area contributed by atoms with Crippen LogP contribution in [0.5, 0.6) is 0 Å². The first-order valence-corrected chi connectivity index (χ1v) is 52.7. The van der Waals surface area contributed by atoms with Crippen molar-refractivity contribution in [2.45, 2.75) is 377 Å². The number of nitrogens with zero attached hydrogens (tertiary/aromatic N) is 8. The van der Waals surface area contributed by atoms with Crippen LogP contribution in [0.15, 0.2) is 73.3 Å². The van der Waals surface area contributed by atoms with Gasteiger partial charge < -0.3 is 40.4 Å². The van der Waals surface area contributed by atoms with Crippen molar-refractivity contribution in [1.82, 2.24) is 60.8 Å². The molecule has 10 amide bonds. The Bertz CT molecular complexity index is 4730. The van der Waals surface area contributed by atoms with Crippen LogP contribution in [-0.4, -0.2) is 205 Å². The Morgan fingerprint density at radius 2 is 0.800 bits per heavy atom. The Hall–Kier alpha value is -10.4. The zero-order valence-corrected chi connectivity index (χ0v) is 85.3. The monoisotopic (exact) mass is 1930 g/mol. The number of nitrogens with one attached hydrogen (secondary N) is 4. The predicted molar refractivity (Wildman–Crippen MR) is 527 cm³/mol. The number of carbonyl (C=O) groups is 16. The smallest absolute Gasteiger partial charge is 0.255 e. The van der Waals surface area contributed by atoms with Gasteiger partial charge in [0.15, 0.2) is 34.7 Å². The largest absolute Gasteiger partial charge is 0.385 e. The number of hydrogen-bond donors (Lipinski definition) is 6. The van der Waals surface area contributed by atoms with Crippen LogP contribution in [0.25, 0.3) is 0 Å². The summed E-state index contributed by atoms with van der Waals surface area (Å²) >= 11 is 0. The molecule has 0 radical (unpaired) electrons. The number of aryl methyl sites for hydroxylation is 2. The van der Waals surface area contributed by atoms with Gasteiger partial charge >= 0.3 is 0 Å². The number of carbonyl (C=O) groups excluding carboxylic acids is 16. The molecule has 140 heavy (non-hydrogen) atoms. The standard InChI is InChI=1S/2C40H60N4O6.2C13H12N2O3.2C2H6/c2*1-6-11-27(36(48)34(47)18-25-16-17-25)19-33(46)35-29-15-10-14-28(29)23-44(35)39(50)37(40(3,4)5)43-38(49)30(26-12-8-7-9-13-26)20-32(45)31-22-41-24(2)21-42-31;2*16-11-6-5-10(12(17)14-11)15-7-8-3-1-2-4-9(8)13(15)18;2*1-2/h2*21-22,25-30,35-37,48H,6-20,23H2,1-5H3,(H,43,49);2*1-4,10H,5-7H2,(H,14,16,17);2*1-2H3/t2*27-,28+,29+,30+,35+,36?,37-;;;;/m11..../s1. The number of fused-ring (bicyclic) bond motifs is 4. The number of imide groups is 2. The number of aromatic nitrogens is 4. The molecule has 6 saturated carbocycles.